The molecule has 1 amide bonds. The van der Waals surface area contributed by atoms with Crippen molar-refractivity contribution in [2.24, 2.45) is 0 Å². The molecule has 0 aliphatic carbocycles. The van der Waals surface area contributed by atoms with E-state index in [2.05, 4.69) is 37.2 Å². The number of aromatic nitrogens is 4. The first-order valence-corrected chi connectivity index (χ1v) is 15.0. The molecule has 1 fully saturated rings. The Bertz CT molecular complexity index is 1640. The number of benzene rings is 2. The number of hydrogen-bond acceptors (Lipinski definition) is 10. The van der Waals surface area contributed by atoms with Gasteiger partial charge in [0, 0.05) is 69.6 Å². The highest BCUT2D eigenvalue weighted by Crippen LogP contribution is 2.32. The number of fused-ring (bicyclic) bond motifs is 2. The molecule has 5 heterocycles. The molecule has 2 aromatic carbocycles. The topological polar surface area (TPSA) is 116 Å². The molecular formula is C31H32ClN7O5. The molecule has 228 valence electrons. The van der Waals surface area contributed by atoms with Crippen molar-refractivity contribution in [2.75, 3.05) is 44.4 Å². The molecule has 1 N–H and O–H groups in total. The minimum absolute atomic E-state index is 0.0477. The number of piperazine rings is 1. The summed E-state index contributed by atoms with van der Waals surface area (Å²) in [5, 5.41) is 3.43. The fourth-order valence-electron chi connectivity index (χ4n) is 5.78. The number of halogens is 1. The highest BCUT2D eigenvalue weighted by atomic mass is 35.5. The highest BCUT2D eigenvalue weighted by Gasteiger charge is 2.31. The van der Waals surface area contributed by atoms with Gasteiger partial charge in [0.15, 0.2) is 17.2 Å². The third-order valence-corrected chi connectivity index (χ3v) is 8.11. The molecule has 44 heavy (non-hydrogen) atoms. The van der Waals surface area contributed by atoms with Crippen LogP contribution in [0.4, 0.5) is 5.82 Å². The first-order valence-electron chi connectivity index (χ1n) is 14.7. The van der Waals surface area contributed by atoms with Crippen molar-refractivity contribution in [2.45, 2.75) is 32.0 Å². The van der Waals surface area contributed by atoms with Crippen LogP contribution in [0.25, 0.3) is 5.95 Å². The van der Waals surface area contributed by atoms with Gasteiger partial charge < -0.3 is 24.6 Å². The molecule has 0 radical (unpaired) electrons. The van der Waals surface area contributed by atoms with E-state index in [-0.39, 0.29) is 18.4 Å². The van der Waals surface area contributed by atoms with Crippen LogP contribution in [0.5, 0.6) is 17.2 Å². The van der Waals surface area contributed by atoms with Crippen LogP contribution in [0.3, 0.4) is 0 Å². The van der Waals surface area contributed by atoms with Crippen molar-refractivity contribution in [3.05, 3.63) is 83.0 Å². The Morgan fingerprint density at radius 3 is 2.73 bits per heavy atom. The van der Waals surface area contributed by atoms with Crippen molar-refractivity contribution < 1.29 is 24.0 Å². The zero-order valence-electron chi connectivity index (χ0n) is 24.0. The Morgan fingerprint density at radius 2 is 1.84 bits per heavy atom. The van der Waals surface area contributed by atoms with E-state index in [9.17, 15) is 4.79 Å². The van der Waals surface area contributed by atoms with Crippen molar-refractivity contribution in [1.29, 1.82) is 0 Å². The Morgan fingerprint density at radius 1 is 0.977 bits per heavy atom. The van der Waals surface area contributed by atoms with Gasteiger partial charge in [0.2, 0.25) is 11.9 Å². The predicted octanol–water partition coefficient (Wildman–Crippen LogP) is 3.35. The van der Waals surface area contributed by atoms with E-state index >= 15 is 0 Å². The lowest BCUT2D eigenvalue weighted by Gasteiger charge is -2.42. The van der Waals surface area contributed by atoms with Crippen molar-refractivity contribution in [3.8, 4) is 23.2 Å². The highest BCUT2D eigenvalue weighted by molar-refractivity contribution is 6.29. The van der Waals surface area contributed by atoms with Gasteiger partial charge in [-0.25, -0.2) is 9.97 Å². The van der Waals surface area contributed by atoms with Gasteiger partial charge in [0.1, 0.15) is 30.5 Å². The van der Waals surface area contributed by atoms with E-state index in [4.69, 9.17) is 35.8 Å². The monoisotopic (exact) mass is 617 g/mol. The maximum absolute atomic E-state index is 13.4. The molecule has 3 aliphatic heterocycles. The largest absolute Gasteiger partial charge is 0.486 e. The molecule has 4 aromatic rings. The second kappa shape index (κ2) is 12.7. The number of nitrogens with zero attached hydrogens (tertiary/aromatic N) is 6. The Labute approximate surface area is 259 Å². The smallest absolute Gasteiger partial charge is 0.238 e. The molecule has 13 heteroatoms. The van der Waals surface area contributed by atoms with Gasteiger partial charge >= 0.3 is 0 Å². The second-order valence-electron chi connectivity index (χ2n) is 11.0. The van der Waals surface area contributed by atoms with Crippen LogP contribution < -0.4 is 24.6 Å². The summed E-state index contributed by atoms with van der Waals surface area (Å²) in [5.41, 5.74) is 3.21. The molecule has 0 saturated carbocycles. The molecule has 1 unspecified atom stereocenters. The molecule has 2 aromatic heterocycles. The van der Waals surface area contributed by atoms with E-state index in [1.165, 1.54) is 0 Å². The maximum Gasteiger partial charge on any atom is 0.238 e. The van der Waals surface area contributed by atoms with Gasteiger partial charge in [-0.1, -0.05) is 29.8 Å². The Kier molecular flexibility index (Phi) is 8.18. The fourth-order valence-corrected chi connectivity index (χ4v) is 5.95. The standard InChI is InChI=1S/C31H32ClN7O5/c32-28-16-29(36-31(35-28)38-7-6-33-20-38)39-9-8-37(18-22-2-4-26-27(14-22)42-12-11-41-26)19-24(39)15-30(40)34-17-21-1-3-25-23(13-21)5-10-43-44-25/h1-4,6-7,13-14,16,20,24H,5,8-12,15,17-19H2,(H,34,40). The quantitative estimate of drug-likeness (QED) is 0.233. The predicted molar refractivity (Wildman–Crippen MR) is 161 cm³/mol. The first kappa shape index (κ1) is 28.4. The van der Waals surface area contributed by atoms with E-state index < -0.39 is 0 Å². The van der Waals surface area contributed by atoms with Crippen LogP contribution in [0.2, 0.25) is 5.15 Å². The molecule has 12 nitrogen and oxygen atoms in total. The van der Waals surface area contributed by atoms with Gasteiger partial charge in [0.25, 0.3) is 0 Å². The Hall–Kier alpha value is -4.39. The number of carbonyl (C=O) groups is 1. The lowest BCUT2D eigenvalue weighted by atomic mass is 10.1. The molecule has 7 rings (SSSR count). The summed E-state index contributed by atoms with van der Waals surface area (Å²) in [5.74, 6) is 3.31. The summed E-state index contributed by atoms with van der Waals surface area (Å²) in [7, 11) is 0. The summed E-state index contributed by atoms with van der Waals surface area (Å²) in [4.78, 5) is 41.5. The van der Waals surface area contributed by atoms with Crippen LogP contribution in [0.15, 0.2) is 61.2 Å². The van der Waals surface area contributed by atoms with Gasteiger partial charge in [-0.3, -0.25) is 14.3 Å². The third-order valence-electron chi connectivity index (χ3n) is 7.92. The lowest BCUT2D eigenvalue weighted by molar-refractivity contribution is -0.215. The second-order valence-corrected chi connectivity index (χ2v) is 11.3. The van der Waals surface area contributed by atoms with E-state index in [0.717, 1.165) is 46.9 Å². The molecule has 1 saturated heterocycles. The molecule has 3 aliphatic rings. The van der Waals surface area contributed by atoms with Crippen molar-refractivity contribution in [1.82, 2.24) is 29.7 Å². The number of anilines is 1. The zero-order valence-corrected chi connectivity index (χ0v) is 24.8. The maximum atomic E-state index is 13.4. The number of nitrogens with one attached hydrogen (secondary N) is 1. The summed E-state index contributed by atoms with van der Waals surface area (Å²) < 4.78 is 13.2. The summed E-state index contributed by atoms with van der Waals surface area (Å²) in [6.45, 7) is 4.84. The molecule has 0 spiro atoms. The first-order chi connectivity index (χ1) is 21.6. The SMILES string of the molecule is O=C(CC1CN(Cc2ccc3c(c2)OCCO3)CCN1c1cc(Cl)nc(-n2ccnc2)n1)NCc1ccc2c(c1)CCOO2. The number of rotatable bonds is 8. The van der Waals surface area contributed by atoms with E-state index in [1.54, 1.807) is 29.4 Å². The molecular weight excluding hydrogens is 586 g/mol. The van der Waals surface area contributed by atoms with Crippen LogP contribution in [-0.4, -0.2) is 75.8 Å². The summed E-state index contributed by atoms with van der Waals surface area (Å²) in [6.07, 6.45) is 6.12. The van der Waals surface area contributed by atoms with Gasteiger partial charge in [-0.05, 0) is 29.3 Å². The van der Waals surface area contributed by atoms with Crippen molar-refractivity contribution in [3.63, 3.8) is 0 Å². The summed E-state index contributed by atoms with van der Waals surface area (Å²) >= 11 is 6.46. The lowest BCUT2D eigenvalue weighted by Crippen LogP contribution is -2.54. The van der Waals surface area contributed by atoms with Gasteiger partial charge in [-0.15, -0.1) is 0 Å². The normalized spacial score (nSPS) is 17.9. The van der Waals surface area contributed by atoms with Crippen LogP contribution >= 0.6 is 11.6 Å². The van der Waals surface area contributed by atoms with Gasteiger partial charge in [0.05, 0.1) is 12.6 Å². The number of imidazole rings is 1. The van der Waals surface area contributed by atoms with Crippen LogP contribution in [0.1, 0.15) is 23.1 Å². The minimum atomic E-state index is -0.156. The number of ether oxygens (including phenoxy) is 2. The third kappa shape index (κ3) is 6.42. The van der Waals surface area contributed by atoms with Crippen molar-refractivity contribution >= 4 is 23.3 Å². The van der Waals surface area contributed by atoms with Crippen LogP contribution in [-0.2, 0) is 29.2 Å². The molecule has 1 atom stereocenters. The van der Waals surface area contributed by atoms with E-state index in [1.807, 2.05) is 24.3 Å². The molecule has 0 bridgehead atoms. The zero-order chi connectivity index (χ0) is 29.9. The van der Waals surface area contributed by atoms with E-state index in [0.29, 0.717) is 62.9 Å². The van der Waals surface area contributed by atoms with Crippen LogP contribution in [0, 0.1) is 0 Å². The minimum Gasteiger partial charge on any atom is -0.486 e. The van der Waals surface area contributed by atoms with Gasteiger partial charge in [-0.2, -0.15) is 9.87 Å². The number of hydrogen-bond donors (Lipinski definition) is 1. The Balaban J connectivity index is 1.08. The average molecular weight is 618 g/mol. The summed E-state index contributed by atoms with van der Waals surface area (Å²) in [6, 6.07) is 13.5. The average Bonchev–Trinajstić information content (AvgIpc) is 3.59. The number of carbonyl (C=O) groups excluding carboxylic acids is 1. The fraction of sp³-hybridized carbons (Fsp3) is 0.355. The number of amides is 1.